The molecule has 0 aliphatic rings. The summed E-state index contributed by atoms with van der Waals surface area (Å²) in [6.45, 7) is 8.11. The molecular formula is C18H20N4OS. The number of aryl methyl sites for hydroxylation is 1. The lowest BCUT2D eigenvalue weighted by Crippen LogP contribution is -2.15. The largest absolute Gasteiger partial charge is 0.296 e. The van der Waals surface area contributed by atoms with Crippen LogP contribution in [0.3, 0.4) is 0 Å². The van der Waals surface area contributed by atoms with E-state index in [1.165, 1.54) is 11.3 Å². The first-order valence-electron chi connectivity index (χ1n) is 8.04. The van der Waals surface area contributed by atoms with E-state index in [2.05, 4.69) is 34.3 Å². The summed E-state index contributed by atoms with van der Waals surface area (Å²) in [5, 5.41) is 13.4. The summed E-state index contributed by atoms with van der Waals surface area (Å²) in [5.74, 6) is 0.135. The topological polar surface area (TPSA) is 67.8 Å². The normalized spacial score (nSPS) is 11.2. The van der Waals surface area contributed by atoms with Crippen LogP contribution in [-0.4, -0.2) is 21.1 Å². The number of anilines is 1. The fraction of sp³-hybridized carbons (Fsp3) is 0.333. The molecule has 2 heterocycles. The van der Waals surface area contributed by atoms with E-state index in [0.29, 0.717) is 16.6 Å². The number of hydrogen-bond acceptors (Lipinski definition) is 5. The lowest BCUT2D eigenvalue weighted by atomic mass is 9.99. The van der Waals surface area contributed by atoms with E-state index in [0.717, 1.165) is 33.6 Å². The molecule has 1 N–H and O–H groups in total. The van der Waals surface area contributed by atoms with E-state index in [9.17, 15) is 4.79 Å². The Kier molecular flexibility index (Phi) is 4.57. The van der Waals surface area contributed by atoms with Gasteiger partial charge >= 0.3 is 0 Å². The zero-order valence-corrected chi connectivity index (χ0v) is 15.1. The second kappa shape index (κ2) is 6.65. The molecule has 0 saturated carbocycles. The number of rotatable bonds is 4. The van der Waals surface area contributed by atoms with Crippen molar-refractivity contribution in [2.45, 2.75) is 40.0 Å². The lowest BCUT2D eigenvalue weighted by molar-refractivity contribution is 0.102. The Morgan fingerprint density at radius 2 is 2.00 bits per heavy atom. The minimum absolute atomic E-state index is 0.160. The Balaban J connectivity index is 2.03. The molecule has 0 radical (unpaired) electrons. The van der Waals surface area contributed by atoms with Crippen molar-refractivity contribution in [2.75, 3.05) is 5.32 Å². The maximum atomic E-state index is 12.9. The number of aromatic nitrogens is 3. The van der Waals surface area contributed by atoms with Crippen molar-refractivity contribution in [3.63, 3.8) is 0 Å². The Morgan fingerprint density at radius 1 is 1.25 bits per heavy atom. The Hall–Kier alpha value is -2.34. The standard InChI is InChI=1S/C18H20N4OS/c1-5-13-11(4)15(12-8-6-7-9-14(12)19-13)16(23)20-18-22-21-17(24-18)10(2)3/h6-10H,5H2,1-4H3,(H,20,22,23). The minimum atomic E-state index is -0.160. The van der Waals surface area contributed by atoms with Gasteiger partial charge in [-0.05, 0) is 25.0 Å². The number of hydrogen-bond donors (Lipinski definition) is 1. The summed E-state index contributed by atoms with van der Waals surface area (Å²) in [5.41, 5.74) is 3.37. The van der Waals surface area contributed by atoms with Gasteiger partial charge in [0.05, 0.1) is 11.1 Å². The van der Waals surface area contributed by atoms with Crippen LogP contribution in [0.5, 0.6) is 0 Å². The molecule has 0 atom stereocenters. The quantitative estimate of drug-likeness (QED) is 0.767. The fourth-order valence-electron chi connectivity index (χ4n) is 2.67. The number of carbonyl (C=O) groups excluding carboxylic acids is 1. The third-order valence-corrected chi connectivity index (χ3v) is 5.09. The number of amides is 1. The molecule has 0 spiro atoms. The molecule has 1 amide bonds. The first-order chi connectivity index (χ1) is 11.5. The highest BCUT2D eigenvalue weighted by Crippen LogP contribution is 2.26. The van der Waals surface area contributed by atoms with Crippen LogP contribution in [0.25, 0.3) is 10.9 Å². The van der Waals surface area contributed by atoms with Crippen molar-refractivity contribution < 1.29 is 4.79 Å². The number of carbonyl (C=O) groups is 1. The average Bonchev–Trinajstić information content (AvgIpc) is 3.02. The van der Waals surface area contributed by atoms with E-state index in [4.69, 9.17) is 0 Å². The SMILES string of the molecule is CCc1nc2ccccc2c(C(=O)Nc2nnc(C(C)C)s2)c1C. The monoisotopic (exact) mass is 340 g/mol. The molecule has 2 aromatic heterocycles. The van der Waals surface area contributed by atoms with Crippen LogP contribution >= 0.6 is 11.3 Å². The van der Waals surface area contributed by atoms with Gasteiger partial charge in [0.2, 0.25) is 5.13 Å². The maximum Gasteiger partial charge on any atom is 0.258 e. The predicted octanol–water partition coefficient (Wildman–Crippen LogP) is 4.33. The van der Waals surface area contributed by atoms with Crippen molar-refractivity contribution in [3.8, 4) is 0 Å². The van der Waals surface area contributed by atoms with Crippen LogP contribution in [0.1, 0.15) is 53.3 Å². The zero-order chi connectivity index (χ0) is 17.3. The van der Waals surface area contributed by atoms with Gasteiger partial charge in [0.1, 0.15) is 5.01 Å². The van der Waals surface area contributed by atoms with Gasteiger partial charge in [-0.1, -0.05) is 50.3 Å². The molecule has 1 aromatic carbocycles. The van der Waals surface area contributed by atoms with Gasteiger partial charge in [0, 0.05) is 17.0 Å². The van der Waals surface area contributed by atoms with Crippen LogP contribution in [-0.2, 0) is 6.42 Å². The Bertz CT molecular complexity index is 901. The van der Waals surface area contributed by atoms with Gasteiger partial charge in [-0.25, -0.2) is 0 Å². The summed E-state index contributed by atoms with van der Waals surface area (Å²) in [6.07, 6.45) is 0.785. The van der Waals surface area contributed by atoms with Gasteiger partial charge in [0.15, 0.2) is 0 Å². The Morgan fingerprint density at radius 3 is 2.67 bits per heavy atom. The molecule has 124 valence electrons. The minimum Gasteiger partial charge on any atom is -0.296 e. The number of nitrogens with zero attached hydrogens (tertiary/aromatic N) is 3. The van der Waals surface area contributed by atoms with E-state index >= 15 is 0 Å². The predicted molar refractivity (Wildman–Crippen MR) is 97.8 cm³/mol. The molecule has 3 rings (SSSR count). The van der Waals surface area contributed by atoms with Gasteiger partial charge < -0.3 is 0 Å². The zero-order valence-electron chi connectivity index (χ0n) is 14.3. The summed E-state index contributed by atoms with van der Waals surface area (Å²) >= 11 is 1.42. The summed E-state index contributed by atoms with van der Waals surface area (Å²) in [6, 6.07) is 7.73. The number of benzene rings is 1. The molecule has 6 heteroatoms. The van der Waals surface area contributed by atoms with Gasteiger partial charge in [-0.3, -0.25) is 15.1 Å². The molecule has 24 heavy (non-hydrogen) atoms. The third kappa shape index (κ3) is 3.01. The molecule has 0 aliphatic carbocycles. The second-order valence-electron chi connectivity index (χ2n) is 5.98. The molecule has 0 unspecified atom stereocenters. The number of para-hydroxylation sites is 1. The lowest BCUT2D eigenvalue weighted by Gasteiger charge is -2.12. The van der Waals surface area contributed by atoms with Crippen molar-refractivity contribution in [2.24, 2.45) is 0 Å². The van der Waals surface area contributed by atoms with Crippen LogP contribution < -0.4 is 5.32 Å². The maximum absolute atomic E-state index is 12.9. The summed E-state index contributed by atoms with van der Waals surface area (Å²) < 4.78 is 0. The van der Waals surface area contributed by atoms with Crippen molar-refractivity contribution in [1.29, 1.82) is 0 Å². The molecule has 0 fully saturated rings. The Labute approximate surface area is 145 Å². The highest BCUT2D eigenvalue weighted by atomic mass is 32.1. The summed E-state index contributed by atoms with van der Waals surface area (Å²) in [7, 11) is 0. The third-order valence-electron chi connectivity index (χ3n) is 3.95. The highest BCUT2D eigenvalue weighted by Gasteiger charge is 2.19. The average molecular weight is 340 g/mol. The fourth-order valence-corrected chi connectivity index (χ4v) is 3.41. The van der Waals surface area contributed by atoms with Crippen LogP contribution in [0.15, 0.2) is 24.3 Å². The first kappa shape index (κ1) is 16.5. The van der Waals surface area contributed by atoms with Crippen molar-refractivity contribution >= 4 is 33.3 Å². The number of nitrogens with one attached hydrogen (secondary N) is 1. The van der Waals surface area contributed by atoms with E-state index in [-0.39, 0.29) is 5.91 Å². The van der Waals surface area contributed by atoms with Crippen molar-refractivity contribution in [3.05, 3.63) is 46.1 Å². The number of fused-ring (bicyclic) bond motifs is 1. The molecule has 0 saturated heterocycles. The molecular weight excluding hydrogens is 320 g/mol. The van der Waals surface area contributed by atoms with E-state index < -0.39 is 0 Å². The van der Waals surface area contributed by atoms with E-state index in [1.807, 2.05) is 38.1 Å². The molecule has 3 aromatic rings. The number of pyridine rings is 1. The van der Waals surface area contributed by atoms with Crippen LogP contribution in [0.2, 0.25) is 0 Å². The second-order valence-corrected chi connectivity index (χ2v) is 6.99. The van der Waals surface area contributed by atoms with E-state index in [1.54, 1.807) is 0 Å². The summed E-state index contributed by atoms with van der Waals surface area (Å²) in [4.78, 5) is 17.6. The first-order valence-corrected chi connectivity index (χ1v) is 8.85. The van der Waals surface area contributed by atoms with Gasteiger partial charge in [-0.2, -0.15) is 0 Å². The van der Waals surface area contributed by atoms with Gasteiger partial charge in [-0.15, -0.1) is 10.2 Å². The van der Waals surface area contributed by atoms with Gasteiger partial charge in [0.25, 0.3) is 5.91 Å². The smallest absolute Gasteiger partial charge is 0.258 e. The molecule has 0 bridgehead atoms. The molecule has 5 nitrogen and oxygen atoms in total. The van der Waals surface area contributed by atoms with Crippen molar-refractivity contribution in [1.82, 2.24) is 15.2 Å². The molecule has 0 aliphatic heterocycles. The van der Waals surface area contributed by atoms with Crippen LogP contribution in [0, 0.1) is 6.92 Å². The highest BCUT2D eigenvalue weighted by molar-refractivity contribution is 7.15. The van der Waals surface area contributed by atoms with Crippen LogP contribution in [0.4, 0.5) is 5.13 Å².